The summed E-state index contributed by atoms with van der Waals surface area (Å²) in [6.07, 6.45) is 2.52. The van der Waals surface area contributed by atoms with Gasteiger partial charge in [-0.1, -0.05) is 74.5 Å². The summed E-state index contributed by atoms with van der Waals surface area (Å²) in [6.45, 7) is 6.44. The molecule has 28 heavy (non-hydrogen) atoms. The van der Waals surface area contributed by atoms with Crippen LogP contribution in [0.1, 0.15) is 51.2 Å². The lowest BCUT2D eigenvalue weighted by Crippen LogP contribution is -2.50. The highest BCUT2D eigenvalue weighted by atomic mass is 16.2. The van der Waals surface area contributed by atoms with Crippen molar-refractivity contribution in [3.8, 4) is 0 Å². The minimum Gasteiger partial charge on any atom is -0.352 e. The Kier molecular flexibility index (Phi) is 8.73. The Bertz CT molecular complexity index is 731. The molecule has 150 valence electrons. The molecular formula is C24H32N2O2. The number of carbonyl (C=O) groups is 2. The van der Waals surface area contributed by atoms with E-state index in [1.807, 2.05) is 81.4 Å². The second-order valence-corrected chi connectivity index (χ2v) is 7.23. The lowest BCUT2D eigenvalue weighted by molar-refractivity contribution is -0.141. The van der Waals surface area contributed by atoms with E-state index in [9.17, 15) is 9.59 Å². The highest BCUT2D eigenvalue weighted by Crippen LogP contribution is 2.15. The Morgan fingerprint density at radius 1 is 0.893 bits per heavy atom. The lowest BCUT2D eigenvalue weighted by Gasteiger charge is -2.31. The van der Waals surface area contributed by atoms with Crippen LogP contribution < -0.4 is 5.32 Å². The molecule has 0 aliphatic heterocycles. The molecule has 0 bridgehead atoms. The number of nitrogens with zero attached hydrogens (tertiary/aromatic N) is 1. The number of benzene rings is 2. The maximum atomic E-state index is 13.1. The molecule has 0 aromatic heterocycles. The zero-order valence-electron chi connectivity index (χ0n) is 17.2. The van der Waals surface area contributed by atoms with Crippen LogP contribution in [0.5, 0.6) is 0 Å². The van der Waals surface area contributed by atoms with Crippen molar-refractivity contribution in [1.29, 1.82) is 0 Å². The molecule has 0 unspecified atom stereocenters. The molecule has 0 aliphatic carbocycles. The zero-order valence-corrected chi connectivity index (χ0v) is 17.2. The summed E-state index contributed by atoms with van der Waals surface area (Å²) in [7, 11) is 0. The van der Waals surface area contributed by atoms with E-state index in [4.69, 9.17) is 0 Å². The van der Waals surface area contributed by atoms with Crippen molar-refractivity contribution in [1.82, 2.24) is 10.2 Å². The standard InChI is InChI=1S/C24H32N2O2/c1-4-19(3)25-24(28)22(5-2)26(18-21-14-10-7-11-15-21)23(27)17-16-20-12-8-6-9-13-20/h6-15,19,22H,4-5,16-18H2,1-3H3,(H,25,28)/t19-,22-/m1/s1. The number of nitrogens with one attached hydrogen (secondary N) is 1. The third-order valence-electron chi connectivity index (χ3n) is 5.05. The van der Waals surface area contributed by atoms with Crippen molar-refractivity contribution in [3.63, 3.8) is 0 Å². The molecule has 4 heteroatoms. The minimum atomic E-state index is -0.461. The van der Waals surface area contributed by atoms with Crippen molar-refractivity contribution in [3.05, 3.63) is 71.8 Å². The first-order chi connectivity index (χ1) is 13.5. The third-order valence-corrected chi connectivity index (χ3v) is 5.05. The van der Waals surface area contributed by atoms with Gasteiger partial charge in [-0.2, -0.15) is 0 Å². The van der Waals surface area contributed by atoms with E-state index in [0.29, 0.717) is 25.8 Å². The Balaban J connectivity index is 2.16. The summed E-state index contributed by atoms with van der Waals surface area (Å²) in [5.74, 6) is -0.0558. The maximum Gasteiger partial charge on any atom is 0.243 e. The van der Waals surface area contributed by atoms with Crippen LogP contribution in [0.2, 0.25) is 0 Å². The van der Waals surface area contributed by atoms with Gasteiger partial charge in [-0.05, 0) is 37.3 Å². The molecule has 0 fully saturated rings. The molecule has 1 N–H and O–H groups in total. The monoisotopic (exact) mass is 380 g/mol. The second kappa shape index (κ2) is 11.3. The summed E-state index contributed by atoms with van der Waals surface area (Å²) in [5.41, 5.74) is 2.16. The molecule has 0 aliphatic rings. The van der Waals surface area contributed by atoms with Crippen LogP contribution in [-0.2, 0) is 22.6 Å². The smallest absolute Gasteiger partial charge is 0.243 e. The van der Waals surface area contributed by atoms with Crippen LogP contribution in [-0.4, -0.2) is 28.8 Å². The fraction of sp³-hybridized carbons (Fsp3) is 0.417. The molecule has 0 saturated carbocycles. The number of hydrogen-bond acceptors (Lipinski definition) is 2. The Morgan fingerprint density at radius 3 is 2.00 bits per heavy atom. The van der Waals surface area contributed by atoms with Gasteiger partial charge < -0.3 is 10.2 Å². The summed E-state index contributed by atoms with van der Waals surface area (Å²) in [5, 5.41) is 3.04. The number of carbonyl (C=O) groups excluding carboxylic acids is 2. The van der Waals surface area contributed by atoms with Gasteiger partial charge in [0.2, 0.25) is 11.8 Å². The Hall–Kier alpha value is -2.62. The van der Waals surface area contributed by atoms with Crippen LogP contribution in [0.25, 0.3) is 0 Å². The van der Waals surface area contributed by atoms with Crippen LogP contribution in [0.4, 0.5) is 0 Å². The molecule has 0 heterocycles. The van der Waals surface area contributed by atoms with Crippen LogP contribution in [0.3, 0.4) is 0 Å². The SMILES string of the molecule is CC[C@@H](C)NC(=O)[C@@H](CC)N(Cc1ccccc1)C(=O)CCc1ccccc1. The lowest BCUT2D eigenvalue weighted by atomic mass is 10.1. The number of hydrogen-bond donors (Lipinski definition) is 1. The summed E-state index contributed by atoms with van der Waals surface area (Å²) < 4.78 is 0. The third kappa shape index (κ3) is 6.52. The number of aryl methyl sites for hydroxylation is 1. The van der Waals surface area contributed by atoms with Gasteiger partial charge in [0.1, 0.15) is 6.04 Å². The van der Waals surface area contributed by atoms with Crippen LogP contribution >= 0.6 is 0 Å². The van der Waals surface area contributed by atoms with Gasteiger partial charge in [0.25, 0.3) is 0 Å². The maximum absolute atomic E-state index is 13.1. The Labute approximate surface area is 169 Å². The van der Waals surface area contributed by atoms with Gasteiger partial charge in [-0.15, -0.1) is 0 Å². The average Bonchev–Trinajstić information content (AvgIpc) is 2.73. The fourth-order valence-corrected chi connectivity index (χ4v) is 3.18. The van der Waals surface area contributed by atoms with E-state index in [0.717, 1.165) is 17.5 Å². The van der Waals surface area contributed by atoms with E-state index in [1.54, 1.807) is 4.90 Å². The largest absolute Gasteiger partial charge is 0.352 e. The average molecular weight is 381 g/mol. The predicted octanol–water partition coefficient (Wildman–Crippen LogP) is 4.34. The van der Waals surface area contributed by atoms with Gasteiger partial charge in [-0.3, -0.25) is 9.59 Å². The van der Waals surface area contributed by atoms with Crippen LogP contribution in [0, 0.1) is 0 Å². The summed E-state index contributed by atoms with van der Waals surface area (Å²) >= 11 is 0. The summed E-state index contributed by atoms with van der Waals surface area (Å²) in [4.78, 5) is 27.7. The quantitative estimate of drug-likeness (QED) is 0.666. The molecular weight excluding hydrogens is 348 g/mol. The van der Waals surface area contributed by atoms with E-state index in [1.165, 1.54) is 0 Å². The van der Waals surface area contributed by atoms with Gasteiger partial charge in [0, 0.05) is 19.0 Å². The van der Waals surface area contributed by atoms with E-state index in [-0.39, 0.29) is 17.9 Å². The van der Waals surface area contributed by atoms with E-state index < -0.39 is 6.04 Å². The molecule has 2 aromatic rings. The van der Waals surface area contributed by atoms with Crippen molar-refractivity contribution in [2.75, 3.05) is 0 Å². The second-order valence-electron chi connectivity index (χ2n) is 7.23. The molecule has 2 rings (SSSR count). The highest BCUT2D eigenvalue weighted by Gasteiger charge is 2.28. The normalized spacial score (nSPS) is 12.8. The summed E-state index contributed by atoms with van der Waals surface area (Å²) in [6, 6.07) is 19.5. The van der Waals surface area contributed by atoms with Crippen molar-refractivity contribution >= 4 is 11.8 Å². The topological polar surface area (TPSA) is 49.4 Å². The Morgan fingerprint density at radius 2 is 1.46 bits per heavy atom. The van der Waals surface area contributed by atoms with Gasteiger partial charge in [0.05, 0.1) is 0 Å². The van der Waals surface area contributed by atoms with Gasteiger partial charge >= 0.3 is 0 Å². The first-order valence-corrected chi connectivity index (χ1v) is 10.2. The van der Waals surface area contributed by atoms with Crippen molar-refractivity contribution in [2.24, 2.45) is 0 Å². The first-order valence-electron chi connectivity index (χ1n) is 10.2. The molecule has 2 amide bonds. The molecule has 0 spiro atoms. The first kappa shape index (κ1) is 21.7. The van der Waals surface area contributed by atoms with Crippen LogP contribution in [0.15, 0.2) is 60.7 Å². The minimum absolute atomic E-state index is 0.0128. The zero-order chi connectivity index (χ0) is 20.4. The molecule has 2 atom stereocenters. The van der Waals surface area contributed by atoms with Crippen molar-refractivity contribution in [2.45, 2.75) is 65.1 Å². The van der Waals surface area contributed by atoms with E-state index in [2.05, 4.69) is 5.32 Å². The van der Waals surface area contributed by atoms with Gasteiger partial charge in [0.15, 0.2) is 0 Å². The van der Waals surface area contributed by atoms with E-state index >= 15 is 0 Å². The van der Waals surface area contributed by atoms with Gasteiger partial charge in [-0.25, -0.2) is 0 Å². The highest BCUT2D eigenvalue weighted by molar-refractivity contribution is 5.87. The molecule has 0 saturated heterocycles. The molecule has 2 aromatic carbocycles. The fourth-order valence-electron chi connectivity index (χ4n) is 3.18. The number of rotatable bonds is 10. The molecule has 4 nitrogen and oxygen atoms in total. The molecule has 0 radical (unpaired) electrons. The van der Waals surface area contributed by atoms with Crippen molar-refractivity contribution < 1.29 is 9.59 Å². The predicted molar refractivity (Wildman–Crippen MR) is 114 cm³/mol. The number of amides is 2.